The van der Waals surface area contributed by atoms with E-state index in [1.807, 2.05) is 31.3 Å². The maximum Gasteiger partial charge on any atom is 0.191 e. The summed E-state index contributed by atoms with van der Waals surface area (Å²) in [6.45, 7) is 1.75. The Morgan fingerprint density at radius 3 is 2.84 bits per heavy atom. The predicted octanol–water partition coefficient (Wildman–Crippen LogP) is 1.22. The maximum atomic E-state index is 4.39. The third kappa shape index (κ3) is 4.12. The average molecular weight is 261 g/mol. The molecule has 1 saturated carbocycles. The van der Waals surface area contributed by atoms with Gasteiger partial charge in [0.15, 0.2) is 5.96 Å². The minimum Gasteiger partial charge on any atom is -0.362 e. The van der Waals surface area contributed by atoms with Gasteiger partial charge in [0.2, 0.25) is 0 Å². The zero-order valence-corrected chi connectivity index (χ0v) is 12.0. The molecular weight excluding hydrogens is 238 g/mol. The van der Waals surface area contributed by atoms with E-state index in [1.165, 1.54) is 18.4 Å². The molecule has 5 nitrogen and oxygen atoms in total. The Kier molecular flexibility index (Phi) is 4.60. The van der Waals surface area contributed by atoms with Gasteiger partial charge in [0.25, 0.3) is 0 Å². The molecule has 0 atom stereocenters. The van der Waals surface area contributed by atoms with E-state index in [4.69, 9.17) is 0 Å². The Hall–Kier alpha value is -1.78. The van der Waals surface area contributed by atoms with E-state index in [2.05, 4.69) is 26.7 Å². The molecule has 1 heterocycles. The molecule has 1 aromatic rings. The maximum absolute atomic E-state index is 4.39. The van der Waals surface area contributed by atoms with Gasteiger partial charge in [-0.1, -0.05) is 6.07 Å². The quantitative estimate of drug-likeness (QED) is 0.618. The van der Waals surface area contributed by atoms with Gasteiger partial charge in [0.05, 0.1) is 0 Å². The SMILES string of the molecule is CN=C(NCc1cccnc1N(C)C)NCC1CC1. The van der Waals surface area contributed by atoms with Gasteiger partial charge in [0.1, 0.15) is 5.82 Å². The number of pyridine rings is 1. The Bertz CT molecular complexity index is 437. The fraction of sp³-hybridized carbons (Fsp3) is 0.571. The van der Waals surface area contributed by atoms with Gasteiger partial charge >= 0.3 is 0 Å². The van der Waals surface area contributed by atoms with Crippen LogP contribution < -0.4 is 15.5 Å². The first-order valence-corrected chi connectivity index (χ1v) is 6.76. The molecule has 0 saturated heterocycles. The number of aliphatic imine (C=N–C) groups is 1. The van der Waals surface area contributed by atoms with Crippen molar-refractivity contribution in [2.24, 2.45) is 10.9 Å². The molecule has 0 spiro atoms. The van der Waals surface area contributed by atoms with Gasteiger partial charge < -0.3 is 15.5 Å². The van der Waals surface area contributed by atoms with Gasteiger partial charge in [-0.3, -0.25) is 4.99 Å². The zero-order valence-electron chi connectivity index (χ0n) is 12.0. The summed E-state index contributed by atoms with van der Waals surface area (Å²) < 4.78 is 0. The van der Waals surface area contributed by atoms with Crippen LogP contribution in [0.1, 0.15) is 18.4 Å². The van der Waals surface area contributed by atoms with Gasteiger partial charge in [-0.2, -0.15) is 0 Å². The molecular formula is C14H23N5. The van der Waals surface area contributed by atoms with Crippen LogP contribution in [-0.4, -0.2) is 38.6 Å². The number of hydrogen-bond acceptors (Lipinski definition) is 3. The molecule has 0 unspecified atom stereocenters. The van der Waals surface area contributed by atoms with E-state index in [0.717, 1.165) is 30.8 Å². The van der Waals surface area contributed by atoms with E-state index in [-0.39, 0.29) is 0 Å². The minimum atomic E-state index is 0.728. The summed E-state index contributed by atoms with van der Waals surface area (Å²) in [6.07, 6.45) is 4.51. The second-order valence-electron chi connectivity index (χ2n) is 5.13. The molecule has 2 N–H and O–H groups in total. The van der Waals surface area contributed by atoms with Crippen LogP contribution in [0.5, 0.6) is 0 Å². The summed E-state index contributed by atoms with van der Waals surface area (Å²) in [7, 11) is 5.82. The molecule has 1 aromatic heterocycles. The van der Waals surface area contributed by atoms with Crippen LogP contribution in [0.4, 0.5) is 5.82 Å². The number of anilines is 1. The normalized spacial score (nSPS) is 15.2. The molecule has 1 aliphatic rings. The molecule has 104 valence electrons. The van der Waals surface area contributed by atoms with Crippen molar-refractivity contribution in [3.05, 3.63) is 23.9 Å². The first-order chi connectivity index (χ1) is 9.20. The number of guanidine groups is 1. The molecule has 0 bridgehead atoms. The third-order valence-electron chi connectivity index (χ3n) is 3.22. The fourth-order valence-electron chi connectivity index (χ4n) is 1.93. The van der Waals surface area contributed by atoms with Crippen molar-refractivity contribution >= 4 is 11.8 Å². The largest absolute Gasteiger partial charge is 0.362 e. The highest BCUT2D eigenvalue weighted by Gasteiger charge is 2.21. The lowest BCUT2D eigenvalue weighted by Gasteiger charge is -2.17. The van der Waals surface area contributed by atoms with E-state index >= 15 is 0 Å². The lowest BCUT2D eigenvalue weighted by molar-refractivity contribution is 0.736. The van der Waals surface area contributed by atoms with Crippen LogP contribution in [0.25, 0.3) is 0 Å². The zero-order chi connectivity index (χ0) is 13.7. The molecule has 0 aromatic carbocycles. The van der Waals surface area contributed by atoms with E-state index < -0.39 is 0 Å². The van der Waals surface area contributed by atoms with Crippen LogP contribution in [0.15, 0.2) is 23.3 Å². The Morgan fingerprint density at radius 1 is 1.42 bits per heavy atom. The summed E-state index contributed by atoms with van der Waals surface area (Å²) >= 11 is 0. The van der Waals surface area contributed by atoms with E-state index in [9.17, 15) is 0 Å². The number of rotatable bonds is 5. The molecule has 0 aliphatic heterocycles. The standard InChI is InChI=1S/C14H23N5/c1-15-14(17-9-11-6-7-11)18-10-12-5-4-8-16-13(12)19(2)3/h4-5,8,11H,6-7,9-10H2,1-3H3,(H2,15,17,18). The first kappa shape index (κ1) is 13.6. The first-order valence-electron chi connectivity index (χ1n) is 6.76. The average Bonchev–Trinajstić information content (AvgIpc) is 3.23. The van der Waals surface area contributed by atoms with Crippen LogP contribution in [0, 0.1) is 5.92 Å². The summed E-state index contributed by atoms with van der Waals surface area (Å²) in [4.78, 5) is 10.7. The Labute approximate surface area is 115 Å². The van der Waals surface area contributed by atoms with Gasteiger partial charge in [0, 0.05) is 46.0 Å². The van der Waals surface area contributed by atoms with Crippen molar-refractivity contribution in [3.63, 3.8) is 0 Å². The Balaban J connectivity index is 1.89. The number of aromatic nitrogens is 1. The number of nitrogens with one attached hydrogen (secondary N) is 2. The van der Waals surface area contributed by atoms with Gasteiger partial charge in [-0.05, 0) is 24.8 Å². The second kappa shape index (κ2) is 6.41. The molecule has 1 aliphatic carbocycles. The lowest BCUT2D eigenvalue weighted by atomic mass is 10.2. The third-order valence-corrected chi connectivity index (χ3v) is 3.22. The predicted molar refractivity (Wildman–Crippen MR) is 79.5 cm³/mol. The van der Waals surface area contributed by atoms with Crippen molar-refractivity contribution in [2.45, 2.75) is 19.4 Å². The van der Waals surface area contributed by atoms with Crippen LogP contribution >= 0.6 is 0 Å². The summed E-state index contributed by atoms with van der Waals surface area (Å²) in [6, 6.07) is 4.05. The van der Waals surface area contributed by atoms with E-state index in [0.29, 0.717) is 0 Å². The van der Waals surface area contributed by atoms with Crippen LogP contribution in [0.3, 0.4) is 0 Å². The smallest absolute Gasteiger partial charge is 0.191 e. The highest BCUT2D eigenvalue weighted by atomic mass is 15.2. The molecule has 0 amide bonds. The number of hydrogen-bond donors (Lipinski definition) is 2. The van der Waals surface area contributed by atoms with Crippen molar-refractivity contribution < 1.29 is 0 Å². The highest BCUT2D eigenvalue weighted by Crippen LogP contribution is 2.27. The fourth-order valence-corrected chi connectivity index (χ4v) is 1.93. The second-order valence-corrected chi connectivity index (χ2v) is 5.13. The minimum absolute atomic E-state index is 0.728. The molecule has 19 heavy (non-hydrogen) atoms. The lowest BCUT2D eigenvalue weighted by Crippen LogP contribution is -2.38. The van der Waals surface area contributed by atoms with Crippen molar-refractivity contribution in [1.29, 1.82) is 0 Å². The summed E-state index contributed by atoms with van der Waals surface area (Å²) in [5.41, 5.74) is 1.17. The van der Waals surface area contributed by atoms with Crippen molar-refractivity contribution in [3.8, 4) is 0 Å². The van der Waals surface area contributed by atoms with E-state index in [1.54, 1.807) is 7.05 Å². The summed E-state index contributed by atoms with van der Waals surface area (Å²) in [5.74, 6) is 2.70. The molecule has 1 fully saturated rings. The van der Waals surface area contributed by atoms with Gasteiger partial charge in [-0.15, -0.1) is 0 Å². The molecule has 5 heteroatoms. The van der Waals surface area contributed by atoms with Crippen LogP contribution in [-0.2, 0) is 6.54 Å². The highest BCUT2D eigenvalue weighted by molar-refractivity contribution is 5.79. The molecule has 2 rings (SSSR count). The van der Waals surface area contributed by atoms with Gasteiger partial charge in [-0.25, -0.2) is 4.98 Å². The van der Waals surface area contributed by atoms with Crippen molar-refractivity contribution in [2.75, 3.05) is 32.6 Å². The van der Waals surface area contributed by atoms with Crippen molar-refractivity contribution in [1.82, 2.24) is 15.6 Å². The summed E-state index contributed by atoms with van der Waals surface area (Å²) in [5, 5.41) is 6.69. The Morgan fingerprint density at radius 2 is 2.21 bits per heavy atom. The van der Waals surface area contributed by atoms with Crippen LogP contribution in [0.2, 0.25) is 0 Å². The monoisotopic (exact) mass is 261 g/mol. The topological polar surface area (TPSA) is 52.6 Å². The number of nitrogens with zero attached hydrogens (tertiary/aromatic N) is 3. The molecule has 0 radical (unpaired) electrons.